The van der Waals surface area contributed by atoms with Gasteiger partial charge in [-0.15, -0.1) is 0 Å². The van der Waals surface area contributed by atoms with E-state index in [9.17, 15) is 4.79 Å². The van der Waals surface area contributed by atoms with E-state index in [-0.39, 0.29) is 11.9 Å². The Labute approximate surface area is 161 Å². The highest BCUT2D eigenvalue weighted by molar-refractivity contribution is 5.98. The summed E-state index contributed by atoms with van der Waals surface area (Å²) in [6.45, 7) is 5.68. The van der Waals surface area contributed by atoms with Gasteiger partial charge in [0.15, 0.2) is 5.96 Å². The number of nitrogens with one attached hydrogen (secondary N) is 2. The Kier molecular flexibility index (Phi) is 6.12. The zero-order chi connectivity index (χ0) is 19.2. The highest BCUT2D eigenvalue weighted by Gasteiger charge is 2.22. The van der Waals surface area contributed by atoms with Gasteiger partial charge in [0.2, 0.25) is 0 Å². The molecule has 5 heteroatoms. The fourth-order valence-electron chi connectivity index (χ4n) is 3.22. The van der Waals surface area contributed by atoms with Crippen molar-refractivity contribution in [2.75, 3.05) is 18.5 Å². The van der Waals surface area contributed by atoms with Crippen LogP contribution in [0.25, 0.3) is 0 Å². The predicted molar refractivity (Wildman–Crippen MR) is 111 cm³/mol. The smallest absolute Gasteiger partial charge is 0.251 e. The largest absolute Gasteiger partial charge is 0.352 e. The predicted octanol–water partition coefficient (Wildman–Crippen LogP) is 3.35. The molecule has 0 aromatic heterocycles. The number of fused-ring (bicyclic) bond motifs is 1. The first-order chi connectivity index (χ1) is 13.1. The van der Waals surface area contributed by atoms with Gasteiger partial charge in [-0.1, -0.05) is 37.3 Å². The number of amides is 1. The molecule has 2 N–H and O–H groups in total. The van der Waals surface area contributed by atoms with E-state index >= 15 is 0 Å². The van der Waals surface area contributed by atoms with E-state index in [0.29, 0.717) is 12.1 Å². The third kappa shape index (κ3) is 4.48. The van der Waals surface area contributed by atoms with Crippen LogP contribution in [-0.2, 0) is 13.0 Å². The molecule has 0 fully saturated rings. The molecule has 0 saturated carbocycles. The first kappa shape index (κ1) is 19.0. The van der Waals surface area contributed by atoms with E-state index in [1.54, 1.807) is 0 Å². The lowest BCUT2D eigenvalue weighted by Crippen LogP contribution is -2.40. The third-order valence-electron chi connectivity index (χ3n) is 5.01. The molecule has 0 radical (unpaired) electrons. The summed E-state index contributed by atoms with van der Waals surface area (Å²) in [5.74, 6) is 0.854. The van der Waals surface area contributed by atoms with Crippen LogP contribution in [0.3, 0.4) is 0 Å². The Morgan fingerprint density at radius 3 is 2.63 bits per heavy atom. The van der Waals surface area contributed by atoms with Gasteiger partial charge < -0.3 is 15.5 Å². The van der Waals surface area contributed by atoms with Crippen LogP contribution in [0.15, 0.2) is 53.5 Å². The van der Waals surface area contributed by atoms with Gasteiger partial charge in [0.25, 0.3) is 5.91 Å². The van der Waals surface area contributed by atoms with Crippen LogP contribution >= 0.6 is 0 Å². The number of guanidine groups is 1. The highest BCUT2D eigenvalue weighted by Crippen LogP contribution is 2.27. The summed E-state index contributed by atoms with van der Waals surface area (Å²) in [6, 6.07) is 16.4. The summed E-state index contributed by atoms with van der Waals surface area (Å²) < 4.78 is 0. The van der Waals surface area contributed by atoms with Crippen molar-refractivity contribution in [3.05, 3.63) is 65.2 Å². The van der Waals surface area contributed by atoms with E-state index < -0.39 is 0 Å². The Morgan fingerprint density at radius 1 is 1.19 bits per heavy atom. The maximum atomic E-state index is 12.2. The molecular weight excluding hydrogens is 336 g/mol. The summed E-state index contributed by atoms with van der Waals surface area (Å²) in [7, 11) is 1.81. The molecule has 5 nitrogen and oxygen atoms in total. The number of carbonyl (C=O) groups is 1. The first-order valence-electron chi connectivity index (χ1n) is 9.58. The maximum Gasteiger partial charge on any atom is 0.251 e. The fourth-order valence-corrected chi connectivity index (χ4v) is 3.22. The Morgan fingerprint density at radius 2 is 1.93 bits per heavy atom. The van der Waals surface area contributed by atoms with Crippen LogP contribution in [0, 0.1) is 0 Å². The summed E-state index contributed by atoms with van der Waals surface area (Å²) >= 11 is 0. The maximum absolute atomic E-state index is 12.2. The van der Waals surface area contributed by atoms with Gasteiger partial charge in [0, 0.05) is 37.4 Å². The number of nitrogens with zero attached hydrogens (tertiary/aromatic N) is 2. The Balaban J connectivity index is 1.60. The second-order valence-electron chi connectivity index (χ2n) is 6.91. The van der Waals surface area contributed by atoms with Crippen LogP contribution in [0.1, 0.15) is 41.8 Å². The van der Waals surface area contributed by atoms with E-state index in [1.165, 1.54) is 11.3 Å². The number of benzene rings is 2. The minimum atomic E-state index is -0.0201. The average Bonchev–Trinajstić information content (AvgIpc) is 3.13. The minimum Gasteiger partial charge on any atom is -0.352 e. The average molecular weight is 364 g/mol. The van der Waals surface area contributed by atoms with Gasteiger partial charge in [-0.2, -0.15) is 0 Å². The number of para-hydroxylation sites is 1. The molecule has 0 saturated heterocycles. The standard InChI is InChI=1S/C22H28N4O/c1-4-16(2)25-21(27)19-11-9-17(10-12-19)15-24-22(23-3)26-14-13-18-7-5-6-8-20(18)26/h5-12,16H,4,13-15H2,1-3H3,(H,23,24)(H,25,27). The van der Waals surface area contributed by atoms with E-state index in [0.717, 1.165) is 30.9 Å². The van der Waals surface area contributed by atoms with Gasteiger partial charge in [-0.3, -0.25) is 9.79 Å². The van der Waals surface area contributed by atoms with Crippen molar-refractivity contribution in [3.63, 3.8) is 0 Å². The van der Waals surface area contributed by atoms with Crippen molar-refractivity contribution in [1.82, 2.24) is 10.6 Å². The van der Waals surface area contributed by atoms with Crippen molar-refractivity contribution in [3.8, 4) is 0 Å². The molecule has 1 amide bonds. The molecule has 1 heterocycles. The monoisotopic (exact) mass is 364 g/mol. The van der Waals surface area contributed by atoms with Gasteiger partial charge >= 0.3 is 0 Å². The molecule has 2 aromatic carbocycles. The van der Waals surface area contributed by atoms with Gasteiger partial charge in [-0.25, -0.2) is 0 Å². The van der Waals surface area contributed by atoms with Gasteiger partial charge in [-0.05, 0) is 49.1 Å². The quantitative estimate of drug-likeness (QED) is 0.632. The molecule has 142 valence electrons. The van der Waals surface area contributed by atoms with Crippen LogP contribution in [0.4, 0.5) is 5.69 Å². The lowest BCUT2D eigenvalue weighted by Gasteiger charge is -2.22. The van der Waals surface area contributed by atoms with Crippen LogP contribution in [0.2, 0.25) is 0 Å². The second-order valence-corrected chi connectivity index (χ2v) is 6.91. The summed E-state index contributed by atoms with van der Waals surface area (Å²) in [6.07, 6.45) is 1.96. The number of rotatable bonds is 5. The molecule has 0 spiro atoms. The van der Waals surface area contributed by atoms with Crippen molar-refractivity contribution in [2.24, 2.45) is 4.99 Å². The fraction of sp³-hybridized carbons (Fsp3) is 0.364. The molecule has 27 heavy (non-hydrogen) atoms. The first-order valence-corrected chi connectivity index (χ1v) is 9.58. The Bertz CT molecular complexity index is 813. The number of anilines is 1. The van der Waals surface area contributed by atoms with Crippen LogP contribution in [0.5, 0.6) is 0 Å². The third-order valence-corrected chi connectivity index (χ3v) is 5.01. The summed E-state index contributed by atoms with van der Waals surface area (Å²) in [5, 5.41) is 6.42. The topological polar surface area (TPSA) is 56.7 Å². The molecule has 1 atom stereocenters. The molecular formula is C22H28N4O. The van der Waals surface area contributed by atoms with Crippen molar-refractivity contribution in [2.45, 2.75) is 39.3 Å². The molecule has 1 aliphatic heterocycles. The van der Waals surface area contributed by atoms with Crippen molar-refractivity contribution in [1.29, 1.82) is 0 Å². The summed E-state index contributed by atoms with van der Waals surface area (Å²) in [5.41, 5.74) is 4.39. The van der Waals surface area contributed by atoms with Crippen molar-refractivity contribution < 1.29 is 4.79 Å². The number of aliphatic imine (C=N–C) groups is 1. The molecule has 2 aromatic rings. The number of hydrogen-bond acceptors (Lipinski definition) is 2. The van der Waals surface area contributed by atoms with Crippen LogP contribution in [-0.4, -0.2) is 31.5 Å². The van der Waals surface area contributed by atoms with E-state index in [2.05, 4.69) is 51.7 Å². The zero-order valence-corrected chi connectivity index (χ0v) is 16.3. The second kappa shape index (κ2) is 8.71. The van der Waals surface area contributed by atoms with Crippen molar-refractivity contribution >= 4 is 17.6 Å². The highest BCUT2D eigenvalue weighted by atomic mass is 16.1. The van der Waals surface area contributed by atoms with Crippen LogP contribution < -0.4 is 15.5 Å². The summed E-state index contributed by atoms with van der Waals surface area (Å²) in [4.78, 5) is 18.8. The minimum absolute atomic E-state index is 0.0201. The molecule has 0 bridgehead atoms. The SMILES string of the molecule is CCC(C)NC(=O)c1ccc(CNC(=NC)N2CCc3ccccc32)cc1. The number of hydrogen-bond donors (Lipinski definition) is 2. The van der Waals surface area contributed by atoms with Gasteiger partial charge in [0.1, 0.15) is 0 Å². The van der Waals surface area contributed by atoms with E-state index in [4.69, 9.17) is 0 Å². The zero-order valence-electron chi connectivity index (χ0n) is 16.3. The van der Waals surface area contributed by atoms with Gasteiger partial charge in [0.05, 0.1) is 0 Å². The molecule has 3 rings (SSSR count). The lowest BCUT2D eigenvalue weighted by atomic mass is 10.1. The Hall–Kier alpha value is -2.82. The normalized spacial score (nSPS) is 14.6. The molecule has 0 aliphatic carbocycles. The molecule has 1 unspecified atom stereocenters. The number of carbonyl (C=O) groups excluding carboxylic acids is 1. The molecule has 1 aliphatic rings. The lowest BCUT2D eigenvalue weighted by molar-refractivity contribution is 0.0939. The van der Waals surface area contributed by atoms with E-state index in [1.807, 2.05) is 38.2 Å².